The van der Waals surface area contributed by atoms with Gasteiger partial charge in [-0.15, -0.1) is 0 Å². The van der Waals surface area contributed by atoms with Gasteiger partial charge in [-0.2, -0.15) is 0 Å². The molecule has 1 aromatic rings. The molecule has 1 aromatic carbocycles. The molecule has 1 rings (SSSR count). The highest BCUT2D eigenvalue weighted by Crippen LogP contribution is 2.21. The lowest BCUT2D eigenvalue weighted by Gasteiger charge is -2.04. The first kappa shape index (κ1) is 10.7. The fourth-order valence-electron chi connectivity index (χ4n) is 1.01. The van der Waals surface area contributed by atoms with E-state index in [0.29, 0.717) is 11.1 Å². The van der Waals surface area contributed by atoms with Gasteiger partial charge in [0.25, 0.3) is 0 Å². The maximum atomic E-state index is 12.9. The van der Waals surface area contributed by atoms with Gasteiger partial charge in [0.15, 0.2) is 5.78 Å². The first-order chi connectivity index (χ1) is 6.06. The second-order valence-electron chi connectivity index (χ2n) is 2.62. The molecule has 13 heavy (non-hydrogen) atoms. The predicted molar refractivity (Wildman–Crippen MR) is 54.3 cm³/mol. The van der Waals surface area contributed by atoms with Gasteiger partial charge < -0.3 is 0 Å². The average Bonchev–Trinajstić information content (AvgIpc) is 2.10. The Hall–Kier alpha value is -0.410. The molecule has 0 spiro atoms. The zero-order chi connectivity index (χ0) is 10.0. The molecule has 4 heteroatoms. The molecule has 0 aliphatic rings. The summed E-state index contributed by atoms with van der Waals surface area (Å²) >= 11 is 8.73. The minimum atomic E-state index is -0.486. The van der Waals surface area contributed by atoms with Crippen molar-refractivity contribution in [3.63, 3.8) is 0 Å². The van der Waals surface area contributed by atoms with Crippen LogP contribution in [0.2, 0.25) is 5.02 Å². The van der Waals surface area contributed by atoms with E-state index < -0.39 is 5.82 Å². The fraction of sp³-hybridized carbons (Fsp3) is 0.222. The van der Waals surface area contributed by atoms with E-state index >= 15 is 0 Å². The van der Waals surface area contributed by atoms with Gasteiger partial charge in [0.1, 0.15) is 5.82 Å². The normalized spacial score (nSPS) is 10.2. The van der Waals surface area contributed by atoms with Crippen LogP contribution >= 0.6 is 27.5 Å². The number of carbonyl (C=O) groups excluding carboxylic acids is 1. The molecule has 0 aromatic heterocycles. The minimum Gasteiger partial charge on any atom is -0.293 e. The van der Waals surface area contributed by atoms with E-state index in [4.69, 9.17) is 11.6 Å². The number of halogens is 3. The van der Waals surface area contributed by atoms with Crippen LogP contribution in [-0.4, -0.2) is 11.1 Å². The Morgan fingerprint density at radius 1 is 1.62 bits per heavy atom. The van der Waals surface area contributed by atoms with Crippen molar-refractivity contribution in [2.75, 3.05) is 5.33 Å². The number of hydrogen-bond donors (Lipinski definition) is 0. The van der Waals surface area contributed by atoms with E-state index in [2.05, 4.69) is 15.9 Å². The molecule has 0 saturated carbocycles. The van der Waals surface area contributed by atoms with Crippen molar-refractivity contribution in [3.05, 3.63) is 34.1 Å². The standard InChI is InChI=1S/C9H7BrClFO/c1-5-7(9(13)4-10)2-6(12)3-8(5)11/h2-3H,4H2,1H3. The van der Waals surface area contributed by atoms with Crippen molar-refractivity contribution in [3.8, 4) is 0 Å². The zero-order valence-corrected chi connectivity index (χ0v) is 9.25. The number of rotatable bonds is 2. The Morgan fingerprint density at radius 3 is 2.77 bits per heavy atom. The topological polar surface area (TPSA) is 17.1 Å². The lowest BCUT2D eigenvalue weighted by Crippen LogP contribution is -2.03. The van der Waals surface area contributed by atoms with Crippen LogP contribution in [0.1, 0.15) is 15.9 Å². The highest BCUT2D eigenvalue weighted by molar-refractivity contribution is 9.09. The maximum Gasteiger partial charge on any atom is 0.173 e. The summed E-state index contributed by atoms with van der Waals surface area (Å²) in [6, 6.07) is 2.40. The van der Waals surface area contributed by atoms with Gasteiger partial charge in [0.2, 0.25) is 0 Å². The summed E-state index contributed by atoms with van der Waals surface area (Å²) in [6.45, 7) is 1.69. The van der Waals surface area contributed by atoms with Gasteiger partial charge in [-0.3, -0.25) is 4.79 Å². The van der Waals surface area contributed by atoms with Gasteiger partial charge in [0, 0.05) is 10.6 Å². The summed E-state index contributed by atoms with van der Waals surface area (Å²) < 4.78 is 12.9. The van der Waals surface area contributed by atoms with Crippen molar-refractivity contribution in [1.82, 2.24) is 0 Å². The van der Waals surface area contributed by atoms with Gasteiger partial charge in [-0.05, 0) is 24.6 Å². The highest BCUT2D eigenvalue weighted by Gasteiger charge is 2.11. The van der Waals surface area contributed by atoms with E-state index in [1.54, 1.807) is 6.92 Å². The molecular weight excluding hydrogens is 258 g/mol. The SMILES string of the molecule is Cc1c(Cl)cc(F)cc1C(=O)CBr. The summed E-state index contributed by atoms with van der Waals surface area (Å²) in [4.78, 5) is 11.3. The number of alkyl halides is 1. The Labute approximate surface area is 89.0 Å². The van der Waals surface area contributed by atoms with E-state index in [0.717, 1.165) is 0 Å². The summed E-state index contributed by atoms with van der Waals surface area (Å²) in [5.41, 5.74) is 0.953. The van der Waals surface area contributed by atoms with Crippen LogP contribution in [0, 0.1) is 12.7 Å². The van der Waals surface area contributed by atoms with Crippen LogP contribution in [0.15, 0.2) is 12.1 Å². The molecular formula is C9H7BrClFO. The van der Waals surface area contributed by atoms with Crippen LogP contribution in [0.25, 0.3) is 0 Å². The maximum absolute atomic E-state index is 12.9. The Bertz CT molecular complexity index is 352. The van der Waals surface area contributed by atoms with E-state index in [-0.39, 0.29) is 16.1 Å². The predicted octanol–water partition coefficient (Wildman–Crippen LogP) is 3.37. The minimum absolute atomic E-state index is 0.168. The van der Waals surface area contributed by atoms with E-state index in [1.807, 2.05) is 0 Å². The summed E-state index contributed by atoms with van der Waals surface area (Å²) in [6.07, 6.45) is 0. The van der Waals surface area contributed by atoms with Crippen molar-refractivity contribution in [2.45, 2.75) is 6.92 Å². The molecule has 0 unspecified atom stereocenters. The quantitative estimate of drug-likeness (QED) is 0.592. The Morgan fingerprint density at radius 2 is 2.23 bits per heavy atom. The number of Topliss-reactive ketones (excluding diaryl/α,β-unsaturated/α-hetero) is 1. The molecule has 1 nitrogen and oxygen atoms in total. The molecule has 0 N–H and O–H groups in total. The molecule has 0 fully saturated rings. The molecule has 0 amide bonds. The van der Waals surface area contributed by atoms with Gasteiger partial charge >= 0.3 is 0 Å². The van der Waals surface area contributed by atoms with Crippen LogP contribution in [0.5, 0.6) is 0 Å². The van der Waals surface area contributed by atoms with Crippen LogP contribution < -0.4 is 0 Å². The number of ketones is 1. The van der Waals surface area contributed by atoms with Crippen LogP contribution in [0.4, 0.5) is 4.39 Å². The Balaban J connectivity index is 3.28. The smallest absolute Gasteiger partial charge is 0.173 e. The zero-order valence-electron chi connectivity index (χ0n) is 6.90. The average molecular weight is 266 g/mol. The third-order valence-corrected chi connectivity index (χ3v) is 2.63. The summed E-state index contributed by atoms with van der Waals surface area (Å²) in [5.74, 6) is -0.654. The molecule has 0 radical (unpaired) electrons. The number of carbonyl (C=O) groups is 1. The Kier molecular flexibility index (Phi) is 3.45. The monoisotopic (exact) mass is 264 g/mol. The van der Waals surface area contributed by atoms with Crippen LogP contribution in [-0.2, 0) is 0 Å². The largest absolute Gasteiger partial charge is 0.293 e. The molecule has 0 saturated heterocycles. The molecule has 70 valence electrons. The lowest BCUT2D eigenvalue weighted by molar-refractivity contribution is 0.102. The molecule has 0 aliphatic heterocycles. The summed E-state index contributed by atoms with van der Waals surface area (Å²) in [7, 11) is 0. The molecule has 0 heterocycles. The fourth-order valence-corrected chi connectivity index (χ4v) is 1.52. The molecule has 0 bridgehead atoms. The highest BCUT2D eigenvalue weighted by atomic mass is 79.9. The molecule has 0 aliphatic carbocycles. The molecule has 0 atom stereocenters. The van der Waals surface area contributed by atoms with Gasteiger partial charge in [-0.25, -0.2) is 4.39 Å². The van der Waals surface area contributed by atoms with E-state index in [9.17, 15) is 9.18 Å². The van der Waals surface area contributed by atoms with Gasteiger partial charge in [-0.1, -0.05) is 27.5 Å². The van der Waals surface area contributed by atoms with Crippen LogP contribution in [0.3, 0.4) is 0 Å². The number of hydrogen-bond acceptors (Lipinski definition) is 1. The van der Waals surface area contributed by atoms with Crippen molar-refractivity contribution in [1.29, 1.82) is 0 Å². The van der Waals surface area contributed by atoms with Crippen molar-refractivity contribution >= 4 is 33.3 Å². The number of benzene rings is 1. The van der Waals surface area contributed by atoms with Gasteiger partial charge in [0.05, 0.1) is 5.33 Å². The third kappa shape index (κ3) is 2.29. The second-order valence-corrected chi connectivity index (χ2v) is 3.58. The van der Waals surface area contributed by atoms with E-state index in [1.165, 1.54) is 12.1 Å². The lowest BCUT2D eigenvalue weighted by atomic mass is 10.1. The third-order valence-electron chi connectivity index (χ3n) is 1.73. The summed E-state index contributed by atoms with van der Waals surface area (Å²) in [5, 5.41) is 0.456. The first-order valence-corrected chi connectivity index (χ1v) is 5.11. The van der Waals surface area contributed by atoms with Crippen molar-refractivity contribution in [2.24, 2.45) is 0 Å². The first-order valence-electron chi connectivity index (χ1n) is 3.61. The van der Waals surface area contributed by atoms with Crippen molar-refractivity contribution < 1.29 is 9.18 Å². The second kappa shape index (κ2) is 4.20.